The molecule has 0 atom stereocenters. The lowest BCUT2D eigenvalue weighted by Crippen LogP contribution is -2.20. The van der Waals surface area contributed by atoms with Crippen molar-refractivity contribution in [3.8, 4) is 11.5 Å². The number of nitrogens with one attached hydrogen (secondary N) is 2. The molecule has 3 aromatic rings. The number of carbonyl (C=O) groups is 1. The van der Waals surface area contributed by atoms with Crippen LogP contribution in [0.3, 0.4) is 0 Å². The van der Waals surface area contributed by atoms with Crippen molar-refractivity contribution in [2.75, 3.05) is 24.3 Å². The first-order chi connectivity index (χ1) is 15.1. The third-order valence-electron chi connectivity index (χ3n) is 4.63. The highest BCUT2D eigenvalue weighted by atomic mass is 35.5. The van der Waals surface area contributed by atoms with Crippen LogP contribution in [0.25, 0.3) is 0 Å². The number of amides is 1. The largest absolute Gasteiger partial charge is 0.490 e. The summed E-state index contributed by atoms with van der Waals surface area (Å²) in [5, 5.41) is 10.1. The van der Waals surface area contributed by atoms with Crippen LogP contribution < -0.4 is 20.5 Å². The Hall–Kier alpha value is -2.91. The standard InChI is InChI=1S/C21H21ClN4O4S/c22-15-11-17-18(30-10-4-9-29-17)12-16(15)23-19(27)13-31-21-25-24-20(28)26(21)8-7-14-5-2-1-3-6-14/h1-3,5-6,11-12H,4,7-10,13H2,(H,23,27)(H,24,28). The fourth-order valence-corrected chi connectivity index (χ4v) is 4.07. The van der Waals surface area contributed by atoms with E-state index in [4.69, 9.17) is 21.1 Å². The molecule has 1 aliphatic heterocycles. The Bertz CT molecular complexity index is 1120. The minimum absolute atomic E-state index is 0.0698. The third kappa shape index (κ3) is 5.42. The van der Waals surface area contributed by atoms with Crippen LogP contribution in [0.4, 0.5) is 5.69 Å². The van der Waals surface area contributed by atoms with Gasteiger partial charge in [-0.25, -0.2) is 9.89 Å². The molecule has 4 rings (SSSR count). The molecule has 0 saturated carbocycles. The average Bonchev–Trinajstić information content (AvgIpc) is 2.96. The number of benzene rings is 2. The van der Waals surface area contributed by atoms with Crippen LogP contribution in [0.1, 0.15) is 12.0 Å². The predicted octanol–water partition coefficient (Wildman–Crippen LogP) is 3.36. The summed E-state index contributed by atoms with van der Waals surface area (Å²) in [5.41, 5.74) is 1.26. The number of thioether (sulfide) groups is 1. The van der Waals surface area contributed by atoms with Gasteiger partial charge in [0.1, 0.15) is 0 Å². The molecule has 8 nitrogen and oxygen atoms in total. The summed E-state index contributed by atoms with van der Waals surface area (Å²) in [6.45, 7) is 1.57. The molecule has 0 unspecified atom stereocenters. The number of aromatic nitrogens is 3. The molecule has 162 valence electrons. The van der Waals surface area contributed by atoms with Crippen LogP contribution >= 0.6 is 23.4 Å². The second kappa shape index (κ2) is 9.93. The molecule has 2 aromatic carbocycles. The van der Waals surface area contributed by atoms with Crippen molar-refractivity contribution in [3.05, 3.63) is 63.5 Å². The number of aryl methyl sites for hydroxylation is 1. The zero-order valence-corrected chi connectivity index (χ0v) is 18.2. The molecule has 2 heterocycles. The lowest BCUT2D eigenvalue weighted by atomic mass is 10.1. The number of rotatable bonds is 7. The Morgan fingerprint density at radius 1 is 1.19 bits per heavy atom. The number of ether oxygens (including phenoxy) is 2. The average molecular weight is 461 g/mol. The lowest BCUT2D eigenvalue weighted by molar-refractivity contribution is -0.113. The van der Waals surface area contributed by atoms with Crippen LogP contribution in [-0.2, 0) is 17.8 Å². The number of nitrogens with zero attached hydrogens (tertiary/aromatic N) is 2. The monoisotopic (exact) mass is 460 g/mol. The van der Waals surface area contributed by atoms with Crippen molar-refractivity contribution < 1.29 is 14.3 Å². The number of hydrogen-bond acceptors (Lipinski definition) is 6. The van der Waals surface area contributed by atoms with Crippen molar-refractivity contribution in [1.29, 1.82) is 0 Å². The Kier molecular flexibility index (Phi) is 6.83. The molecule has 31 heavy (non-hydrogen) atoms. The van der Waals surface area contributed by atoms with E-state index >= 15 is 0 Å². The van der Waals surface area contributed by atoms with Crippen LogP contribution in [-0.4, -0.2) is 39.6 Å². The number of anilines is 1. The van der Waals surface area contributed by atoms with Gasteiger partial charge in [0.2, 0.25) is 5.91 Å². The Labute approximate surface area is 187 Å². The molecule has 1 amide bonds. The second-order valence-corrected chi connectivity index (χ2v) is 8.21. The van der Waals surface area contributed by atoms with Crippen LogP contribution in [0.5, 0.6) is 11.5 Å². The minimum Gasteiger partial charge on any atom is -0.490 e. The van der Waals surface area contributed by atoms with Crippen molar-refractivity contribution in [2.24, 2.45) is 0 Å². The molecule has 0 radical (unpaired) electrons. The van der Waals surface area contributed by atoms with Gasteiger partial charge in [-0.3, -0.25) is 9.36 Å². The Balaban J connectivity index is 1.37. The van der Waals surface area contributed by atoms with Crippen LogP contribution in [0.15, 0.2) is 52.4 Å². The molecular formula is C21H21ClN4O4S. The van der Waals surface area contributed by atoms with Crippen molar-refractivity contribution in [2.45, 2.75) is 24.5 Å². The summed E-state index contributed by atoms with van der Waals surface area (Å²) >= 11 is 7.46. The van der Waals surface area contributed by atoms with Gasteiger partial charge >= 0.3 is 5.69 Å². The molecule has 2 N–H and O–H groups in total. The topological polar surface area (TPSA) is 98.2 Å². The van der Waals surface area contributed by atoms with Gasteiger partial charge in [0.15, 0.2) is 16.7 Å². The summed E-state index contributed by atoms with van der Waals surface area (Å²) < 4.78 is 12.8. The SMILES string of the molecule is O=C(CSc1n[nH]c(=O)n1CCc1ccccc1)Nc1cc2c(cc1Cl)OCCCO2. The van der Waals surface area contributed by atoms with E-state index < -0.39 is 0 Å². The highest BCUT2D eigenvalue weighted by molar-refractivity contribution is 7.99. The predicted molar refractivity (Wildman–Crippen MR) is 119 cm³/mol. The minimum atomic E-state index is -0.301. The smallest absolute Gasteiger partial charge is 0.343 e. The summed E-state index contributed by atoms with van der Waals surface area (Å²) in [7, 11) is 0. The third-order valence-corrected chi connectivity index (χ3v) is 5.92. The Morgan fingerprint density at radius 3 is 2.71 bits per heavy atom. The number of H-pyrrole nitrogens is 1. The van der Waals surface area contributed by atoms with Crippen LogP contribution in [0.2, 0.25) is 5.02 Å². The van der Waals surface area contributed by atoms with E-state index in [1.54, 1.807) is 12.1 Å². The van der Waals surface area contributed by atoms with Crippen molar-refractivity contribution in [3.63, 3.8) is 0 Å². The van der Waals surface area contributed by atoms with Gasteiger partial charge in [-0.15, -0.1) is 5.10 Å². The van der Waals surface area contributed by atoms with Crippen LogP contribution in [0, 0.1) is 0 Å². The van der Waals surface area contributed by atoms with Gasteiger partial charge in [0.25, 0.3) is 0 Å². The van der Waals surface area contributed by atoms with E-state index in [0.29, 0.717) is 53.5 Å². The maximum absolute atomic E-state index is 12.5. The first-order valence-electron chi connectivity index (χ1n) is 9.81. The fourth-order valence-electron chi connectivity index (χ4n) is 3.09. The molecule has 1 aliphatic rings. The molecule has 0 spiro atoms. The number of aromatic amines is 1. The quantitative estimate of drug-likeness (QED) is 0.524. The van der Waals surface area contributed by atoms with Crippen molar-refractivity contribution >= 4 is 35.0 Å². The van der Waals surface area contributed by atoms with Gasteiger partial charge in [-0.2, -0.15) is 0 Å². The van der Waals surface area contributed by atoms with E-state index in [1.807, 2.05) is 30.3 Å². The van der Waals surface area contributed by atoms with Gasteiger partial charge in [-0.1, -0.05) is 53.7 Å². The maximum Gasteiger partial charge on any atom is 0.343 e. The second-order valence-electron chi connectivity index (χ2n) is 6.86. The number of hydrogen-bond donors (Lipinski definition) is 2. The number of fused-ring (bicyclic) bond motifs is 1. The van der Waals surface area contributed by atoms with Gasteiger partial charge in [0.05, 0.1) is 29.7 Å². The highest BCUT2D eigenvalue weighted by Crippen LogP contribution is 2.37. The van der Waals surface area contributed by atoms with E-state index in [1.165, 1.54) is 16.3 Å². The van der Waals surface area contributed by atoms with Gasteiger partial charge < -0.3 is 14.8 Å². The molecule has 0 aliphatic carbocycles. The van der Waals surface area contributed by atoms with Gasteiger partial charge in [0, 0.05) is 25.1 Å². The van der Waals surface area contributed by atoms with E-state index in [-0.39, 0.29) is 17.3 Å². The Morgan fingerprint density at radius 2 is 1.94 bits per heavy atom. The summed E-state index contributed by atoms with van der Waals surface area (Å²) in [5.74, 6) is 0.910. The number of carbonyl (C=O) groups excluding carboxylic acids is 1. The summed E-state index contributed by atoms with van der Waals surface area (Å²) in [6.07, 6.45) is 1.47. The zero-order chi connectivity index (χ0) is 21.6. The summed E-state index contributed by atoms with van der Waals surface area (Å²) in [4.78, 5) is 24.6. The molecule has 0 saturated heterocycles. The molecular weight excluding hydrogens is 440 g/mol. The first-order valence-corrected chi connectivity index (χ1v) is 11.2. The summed E-state index contributed by atoms with van der Waals surface area (Å²) in [6, 6.07) is 13.2. The fraction of sp³-hybridized carbons (Fsp3) is 0.286. The highest BCUT2D eigenvalue weighted by Gasteiger charge is 2.17. The zero-order valence-electron chi connectivity index (χ0n) is 16.6. The van der Waals surface area contributed by atoms with Crippen molar-refractivity contribution in [1.82, 2.24) is 14.8 Å². The molecule has 1 aromatic heterocycles. The molecule has 0 fully saturated rings. The first kappa shape index (κ1) is 21.3. The normalized spacial score (nSPS) is 12.9. The van der Waals surface area contributed by atoms with E-state index in [2.05, 4.69) is 15.5 Å². The van der Waals surface area contributed by atoms with E-state index in [9.17, 15) is 9.59 Å². The number of halogens is 1. The maximum atomic E-state index is 12.5. The van der Waals surface area contributed by atoms with E-state index in [0.717, 1.165) is 12.0 Å². The molecule has 0 bridgehead atoms. The molecule has 10 heteroatoms. The van der Waals surface area contributed by atoms with Gasteiger partial charge in [-0.05, 0) is 12.0 Å². The lowest BCUT2D eigenvalue weighted by Gasteiger charge is -2.12.